The number of hydrogen-bond acceptors (Lipinski definition) is 4. The van der Waals surface area contributed by atoms with Crippen molar-refractivity contribution in [3.8, 4) is 5.75 Å². The number of H-pyrrole nitrogens is 3. The van der Waals surface area contributed by atoms with Crippen molar-refractivity contribution in [3.63, 3.8) is 0 Å². The van der Waals surface area contributed by atoms with Crippen molar-refractivity contribution in [2.24, 2.45) is 0 Å². The SMILES string of the molecule is Brc1ccc2[nH]c3c(c2c1)CCCC3Nc1ccccc1.COc1ccc(NC2CCCc3c2[nH]c2ccc(Cl)cc32)cc1.Clc1ccc2[nH]c3c(c2c1)CCCC3Nc1ccccc1. The van der Waals surface area contributed by atoms with E-state index in [0.29, 0.717) is 18.1 Å². The van der Waals surface area contributed by atoms with Crippen LogP contribution in [0.2, 0.25) is 10.0 Å². The van der Waals surface area contributed by atoms with Crippen LogP contribution in [0.3, 0.4) is 0 Å². The molecule has 0 amide bonds. The van der Waals surface area contributed by atoms with Crippen molar-refractivity contribution in [1.29, 1.82) is 0 Å². The zero-order valence-corrected chi connectivity index (χ0v) is 39.5. The molecule has 3 heterocycles. The lowest BCUT2D eigenvalue weighted by Crippen LogP contribution is -2.17. The monoisotopic (exact) mass is 962 g/mol. The summed E-state index contributed by atoms with van der Waals surface area (Å²) < 4.78 is 6.37. The Morgan fingerprint density at radius 2 is 0.862 bits per heavy atom. The third kappa shape index (κ3) is 9.49. The first-order valence-electron chi connectivity index (χ1n) is 22.8. The number of ether oxygens (including phenoxy) is 1. The Kier molecular flexibility index (Phi) is 12.8. The van der Waals surface area contributed by atoms with Gasteiger partial charge in [0.1, 0.15) is 5.75 Å². The van der Waals surface area contributed by atoms with Crippen LogP contribution in [0.15, 0.2) is 144 Å². The van der Waals surface area contributed by atoms with Crippen LogP contribution >= 0.6 is 39.1 Å². The standard InChI is InChI=1S/C19H19ClN2O.C18H17BrN2.C18H17ClN2/c1-23-14-8-6-13(7-9-14)21-18-4-2-3-15-16-11-12(20)5-10-17(16)22-19(15)18;2*19-12-9-10-16-15(11-12)14-7-4-8-17(18(14)21-16)20-13-5-2-1-3-6-13/h5-11,18,21-22H,2-4H2,1H3;2*1-3,5-6,9-11,17,20-21H,4,7-8H2. The Morgan fingerprint density at radius 3 is 1.28 bits per heavy atom. The van der Waals surface area contributed by atoms with Gasteiger partial charge in [-0.1, -0.05) is 75.5 Å². The molecule has 0 saturated carbocycles. The third-order valence-electron chi connectivity index (χ3n) is 13.2. The second-order valence-electron chi connectivity index (χ2n) is 17.3. The van der Waals surface area contributed by atoms with Gasteiger partial charge in [-0.05, 0) is 178 Å². The van der Waals surface area contributed by atoms with Crippen LogP contribution in [0.4, 0.5) is 17.1 Å². The van der Waals surface area contributed by atoms with Gasteiger partial charge >= 0.3 is 0 Å². The molecule has 3 atom stereocenters. The van der Waals surface area contributed by atoms with Gasteiger partial charge in [-0.15, -0.1) is 0 Å². The first-order valence-corrected chi connectivity index (χ1v) is 24.4. The van der Waals surface area contributed by atoms with Crippen molar-refractivity contribution < 1.29 is 4.74 Å². The lowest BCUT2D eigenvalue weighted by molar-refractivity contribution is 0.415. The minimum Gasteiger partial charge on any atom is -0.497 e. The van der Waals surface area contributed by atoms with E-state index >= 15 is 0 Å². The summed E-state index contributed by atoms with van der Waals surface area (Å²) in [4.78, 5) is 10.8. The van der Waals surface area contributed by atoms with Gasteiger partial charge in [0.25, 0.3) is 0 Å². The Morgan fingerprint density at radius 1 is 0.477 bits per heavy atom. The fraction of sp³-hybridized carbons (Fsp3) is 0.236. The summed E-state index contributed by atoms with van der Waals surface area (Å²) >= 11 is 15.9. The molecule has 0 spiro atoms. The van der Waals surface area contributed by atoms with Gasteiger partial charge in [-0.3, -0.25) is 0 Å². The first kappa shape index (κ1) is 43.1. The molecule has 0 fully saturated rings. The summed E-state index contributed by atoms with van der Waals surface area (Å²) in [7, 11) is 1.69. The first-order chi connectivity index (χ1) is 31.9. The molecular formula is C55H53BrCl2N6O. The van der Waals surface area contributed by atoms with Crippen molar-refractivity contribution in [2.75, 3.05) is 23.1 Å². The molecule has 6 N–H and O–H groups in total. The highest BCUT2D eigenvalue weighted by Crippen LogP contribution is 2.40. The third-order valence-corrected chi connectivity index (χ3v) is 14.1. The highest BCUT2D eigenvalue weighted by atomic mass is 79.9. The van der Waals surface area contributed by atoms with E-state index in [1.807, 2.05) is 30.3 Å². The molecule has 0 bridgehead atoms. The number of para-hydroxylation sites is 2. The van der Waals surface area contributed by atoms with E-state index < -0.39 is 0 Å². The summed E-state index contributed by atoms with van der Waals surface area (Å²) in [6.07, 6.45) is 10.5. The number of rotatable bonds is 7. The second-order valence-corrected chi connectivity index (χ2v) is 19.1. The second kappa shape index (κ2) is 19.4. The molecule has 3 aromatic heterocycles. The summed E-state index contributed by atoms with van der Waals surface area (Å²) in [5, 5.41) is 16.5. The van der Waals surface area contributed by atoms with E-state index in [-0.39, 0.29) is 0 Å². The molecule has 0 saturated heterocycles. The highest BCUT2D eigenvalue weighted by Gasteiger charge is 2.27. The minimum atomic E-state index is 0.304. The van der Waals surface area contributed by atoms with Crippen molar-refractivity contribution in [3.05, 3.63) is 188 Å². The molecule has 7 nitrogen and oxygen atoms in total. The van der Waals surface area contributed by atoms with Crippen molar-refractivity contribution in [1.82, 2.24) is 15.0 Å². The van der Waals surface area contributed by atoms with E-state index in [0.717, 1.165) is 51.6 Å². The van der Waals surface area contributed by atoms with Gasteiger partial charge in [0.2, 0.25) is 0 Å². The number of hydrogen-bond donors (Lipinski definition) is 6. The van der Waals surface area contributed by atoms with Gasteiger partial charge in [0, 0.05) is 81.4 Å². The number of nitrogens with one attached hydrogen (secondary N) is 6. The van der Waals surface area contributed by atoms with Crippen molar-refractivity contribution in [2.45, 2.75) is 75.9 Å². The fourth-order valence-electron chi connectivity index (χ4n) is 10.1. The van der Waals surface area contributed by atoms with Crippen LogP contribution in [-0.4, -0.2) is 22.1 Å². The minimum absolute atomic E-state index is 0.304. The molecule has 3 aliphatic rings. The Labute approximate surface area is 398 Å². The topological polar surface area (TPSA) is 92.7 Å². The lowest BCUT2D eigenvalue weighted by atomic mass is 9.91. The average Bonchev–Trinajstić information content (AvgIpc) is 4.03. The Balaban J connectivity index is 0.000000115. The fourth-order valence-corrected chi connectivity index (χ4v) is 10.8. The molecule has 330 valence electrons. The largest absolute Gasteiger partial charge is 0.497 e. The van der Waals surface area contributed by atoms with Crippen LogP contribution in [0.5, 0.6) is 5.75 Å². The summed E-state index contributed by atoms with van der Waals surface area (Å²) in [5.41, 5.74) is 15.4. The number of aromatic nitrogens is 3. The van der Waals surface area contributed by atoms with E-state index in [9.17, 15) is 0 Å². The molecule has 9 aromatic rings. The molecule has 0 radical (unpaired) electrons. The highest BCUT2D eigenvalue weighted by molar-refractivity contribution is 9.10. The number of anilines is 3. The van der Waals surface area contributed by atoms with Crippen LogP contribution in [0.25, 0.3) is 32.7 Å². The van der Waals surface area contributed by atoms with Gasteiger partial charge in [0.15, 0.2) is 0 Å². The maximum Gasteiger partial charge on any atom is 0.119 e. The van der Waals surface area contributed by atoms with Gasteiger partial charge in [-0.25, -0.2) is 0 Å². The van der Waals surface area contributed by atoms with E-state index in [1.54, 1.807) is 7.11 Å². The predicted octanol–water partition coefficient (Wildman–Crippen LogP) is 16.1. The van der Waals surface area contributed by atoms with E-state index in [4.69, 9.17) is 27.9 Å². The number of methoxy groups -OCH3 is 1. The normalized spacial score (nSPS) is 17.4. The maximum atomic E-state index is 6.17. The van der Waals surface area contributed by atoms with E-state index in [1.165, 1.54) is 110 Å². The Hall–Kier alpha value is -5.80. The molecule has 6 aromatic carbocycles. The van der Waals surface area contributed by atoms with Crippen LogP contribution in [0, 0.1) is 0 Å². The predicted molar refractivity (Wildman–Crippen MR) is 276 cm³/mol. The zero-order chi connectivity index (χ0) is 44.3. The quantitative estimate of drug-likeness (QED) is 0.0960. The average molecular weight is 965 g/mol. The van der Waals surface area contributed by atoms with Crippen LogP contribution in [0.1, 0.15) is 90.4 Å². The van der Waals surface area contributed by atoms with Gasteiger partial charge in [0.05, 0.1) is 25.2 Å². The molecule has 12 rings (SSSR count). The molecule has 65 heavy (non-hydrogen) atoms. The smallest absolute Gasteiger partial charge is 0.119 e. The van der Waals surface area contributed by atoms with Gasteiger partial charge in [-0.2, -0.15) is 0 Å². The lowest BCUT2D eigenvalue weighted by Gasteiger charge is -2.25. The van der Waals surface area contributed by atoms with Crippen molar-refractivity contribution >= 4 is 88.9 Å². The zero-order valence-electron chi connectivity index (χ0n) is 36.4. The number of fused-ring (bicyclic) bond motifs is 9. The summed E-state index contributed by atoms with van der Waals surface area (Å²) in [6.45, 7) is 0. The Bertz CT molecular complexity index is 2920. The number of aromatic amines is 3. The maximum absolute atomic E-state index is 6.17. The molecule has 3 aliphatic carbocycles. The molecule has 0 aliphatic heterocycles. The van der Waals surface area contributed by atoms with Gasteiger partial charge < -0.3 is 35.6 Å². The molecule has 10 heteroatoms. The molecule has 3 unspecified atom stereocenters. The van der Waals surface area contributed by atoms with E-state index in [2.05, 4.69) is 156 Å². The summed E-state index contributed by atoms with van der Waals surface area (Å²) in [5.74, 6) is 0.875. The van der Waals surface area contributed by atoms with Crippen LogP contribution < -0.4 is 20.7 Å². The summed E-state index contributed by atoms with van der Waals surface area (Å²) in [6, 6.07) is 48.7. The number of aryl methyl sites for hydroxylation is 3. The number of benzene rings is 6. The van der Waals surface area contributed by atoms with Crippen LogP contribution in [-0.2, 0) is 19.3 Å². The molecular weight excluding hydrogens is 911 g/mol. The number of halogens is 3.